The van der Waals surface area contributed by atoms with E-state index in [4.69, 9.17) is 0 Å². The minimum atomic E-state index is -0.737. The summed E-state index contributed by atoms with van der Waals surface area (Å²) in [5, 5.41) is 14.4. The molecule has 0 aliphatic rings. The number of anilines is 1. The zero-order valence-corrected chi connectivity index (χ0v) is 16.2. The normalized spacial score (nSPS) is 12.0. The molecule has 0 bridgehead atoms. The summed E-state index contributed by atoms with van der Waals surface area (Å²) in [6.45, 7) is 6.39. The average molecular weight is 382 g/mol. The van der Waals surface area contributed by atoms with E-state index in [-0.39, 0.29) is 12.5 Å². The Balaban J connectivity index is 1.84. The number of aliphatic hydroxyl groups excluding tert-OH is 1. The predicted molar refractivity (Wildman–Crippen MR) is 109 cm³/mol. The van der Waals surface area contributed by atoms with Crippen LogP contribution < -0.4 is 5.32 Å². The standard InChI is InChI=1S/C20H22N4O2S/c1-4-10-21-18-16-13(2)17(27-19(16)23-12-22-18)20(26)24(3)11-15(25)14-8-6-5-7-9-14/h4-9,12,15,25H,1,10-11H2,2-3H3,(H,21,22,23)/t15-/m0/s1. The number of nitrogens with zero attached hydrogens (tertiary/aromatic N) is 3. The van der Waals surface area contributed by atoms with Crippen LogP contribution in [0.3, 0.4) is 0 Å². The van der Waals surface area contributed by atoms with Crippen molar-refractivity contribution in [1.82, 2.24) is 14.9 Å². The highest BCUT2D eigenvalue weighted by atomic mass is 32.1. The van der Waals surface area contributed by atoms with Crippen LogP contribution in [0.2, 0.25) is 0 Å². The number of nitrogens with one attached hydrogen (secondary N) is 1. The van der Waals surface area contributed by atoms with E-state index in [1.807, 2.05) is 37.3 Å². The fraction of sp³-hybridized carbons (Fsp3) is 0.250. The van der Waals surface area contributed by atoms with Gasteiger partial charge in [0.15, 0.2) is 0 Å². The fourth-order valence-corrected chi connectivity index (χ4v) is 4.02. The van der Waals surface area contributed by atoms with E-state index in [2.05, 4.69) is 21.9 Å². The molecule has 3 aromatic rings. The van der Waals surface area contributed by atoms with Crippen molar-refractivity contribution in [1.29, 1.82) is 0 Å². The predicted octanol–water partition coefficient (Wildman–Crippen LogP) is 3.40. The van der Waals surface area contributed by atoms with Gasteiger partial charge in [0.25, 0.3) is 5.91 Å². The maximum absolute atomic E-state index is 13.0. The quantitative estimate of drug-likeness (QED) is 0.612. The molecule has 3 rings (SSSR count). The van der Waals surface area contributed by atoms with Gasteiger partial charge in [0.1, 0.15) is 17.0 Å². The van der Waals surface area contributed by atoms with Crippen molar-refractivity contribution >= 4 is 33.3 Å². The molecule has 0 fully saturated rings. The monoisotopic (exact) mass is 382 g/mol. The SMILES string of the molecule is C=CCNc1ncnc2sc(C(=O)N(C)C[C@H](O)c3ccccc3)c(C)c12. The Morgan fingerprint density at radius 2 is 2.11 bits per heavy atom. The van der Waals surface area contributed by atoms with Crippen molar-refractivity contribution in [3.05, 3.63) is 65.3 Å². The molecule has 2 heterocycles. The van der Waals surface area contributed by atoms with Gasteiger partial charge in [0.2, 0.25) is 0 Å². The van der Waals surface area contributed by atoms with E-state index >= 15 is 0 Å². The Morgan fingerprint density at radius 1 is 1.37 bits per heavy atom. The molecule has 0 aliphatic heterocycles. The van der Waals surface area contributed by atoms with Crippen LogP contribution in [0.15, 0.2) is 49.3 Å². The van der Waals surface area contributed by atoms with Crippen LogP contribution in [0.4, 0.5) is 5.82 Å². The number of fused-ring (bicyclic) bond motifs is 1. The summed E-state index contributed by atoms with van der Waals surface area (Å²) in [6.07, 6.45) is 2.50. The maximum Gasteiger partial charge on any atom is 0.264 e. The van der Waals surface area contributed by atoms with Crippen LogP contribution in [0.5, 0.6) is 0 Å². The average Bonchev–Trinajstić information content (AvgIpc) is 3.03. The molecule has 1 aromatic carbocycles. The summed E-state index contributed by atoms with van der Waals surface area (Å²) in [5.74, 6) is 0.555. The van der Waals surface area contributed by atoms with Crippen molar-refractivity contribution in [2.75, 3.05) is 25.5 Å². The smallest absolute Gasteiger partial charge is 0.264 e. The highest BCUT2D eigenvalue weighted by molar-refractivity contribution is 7.20. The van der Waals surface area contributed by atoms with E-state index < -0.39 is 6.10 Å². The third-order valence-corrected chi connectivity index (χ3v) is 5.50. The van der Waals surface area contributed by atoms with E-state index in [1.165, 1.54) is 17.7 Å². The largest absolute Gasteiger partial charge is 0.387 e. The fourth-order valence-electron chi connectivity index (χ4n) is 2.87. The van der Waals surface area contributed by atoms with Crippen LogP contribution in [0.1, 0.15) is 26.9 Å². The maximum atomic E-state index is 13.0. The molecule has 140 valence electrons. The van der Waals surface area contributed by atoms with Gasteiger partial charge in [-0.2, -0.15) is 0 Å². The number of likely N-dealkylation sites (N-methyl/N-ethyl adjacent to an activating group) is 1. The number of rotatable bonds is 7. The first-order valence-electron chi connectivity index (χ1n) is 8.60. The molecule has 27 heavy (non-hydrogen) atoms. The first kappa shape index (κ1) is 19.0. The second-order valence-electron chi connectivity index (χ2n) is 6.24. The van der Waals surface area contributed by atoms with E-state index in [9.17, 15) is 9.90 Å². The van der Waals surface area contributed by atoms with E-state index in [1.54, 1.807) is 18.0 Å². The van der Waals surface area contributed by atoms with Crippen molar-refractivity contribution < 1.29 is 9.90 Å². The third kappa shape index (κ3) is 3.99. The summed E-state index contributed by atoms with van der Waals surface area (Å²) in [5.41, 5.74) is 1.63. The molecule has 0 aliphatic carbocycles. The van der Waals surface area contributed by atoms with Gasteiger partial charge in [-0.05, 0) is 18.1 Å². The number of aliphatic hydroxyl groups is 1. The summed E-state index contributed by atoms with van der Waals surface area (Å²) >= 11 is 1.34. The third-order valence-electron chi connectivity index (χ3n) is 4.31. The van der Waals surface area contributed by atoms with Crippen LogP contribution in [0, 0.1) is 6.92 Å². The van der Waals surface area contributed by atoms with Crippen LogP contribution in [-0.2, 0) is 0 Å². The topological polar surface area (TPSA) is 78.4 Å². The molecular formula is C20H22N4O2S. The lowest BCUT2D eigenvalue weighted by molar-refractivity contribution is 0.0685. The van der Waals surface area contributed by atoms with Gasteiger partial charge in [-0.1, -0.05) is 36.4 Å². The van der Waals surface area contributed by atoms with E-state index in [0.717, 1.165) is 21.3 Å². The molecule has 1 atom stereocenters. The number of carbonyl (C=O) groups is 1. The lowest BCUT2D eigenvalue weighted by Crippen LogP contribution is -2.31. The Bertz CT molecular complexity index is 955. The van der Waals surface area contributed by atoms with Crippen molar-refractivity contribution in [3.63, 3.8) is 0 Å². The highest BCUT2D eigenvalue weighted by Crippen LogP contribution is 2.34. The molecule has 6 nitrogen and oxygen atoms in total. The van der Waals surface area contributed by atoms with Gasteiger partial charge in [-0.15, -0.1) is 17.9 Å². The second-order valence-corrected chi connectivity index (χ2v) is 7.24. The zero-order valence-electron chi connectivity index (χ0n) is 15.3. The molecule has 2 N–H and O–H groups in total. The molecule has 2 aromatic heterocycles. The van der Waals surface area contributed by atoms with Crippen molar-refractivity contribution in [2.24, 2.45) is 0 Å². The first-order chi connectivity index (χ1) is 13.0. The molecular weight excluding hydrogens is 360 g/mol. The van der Waals surface area contributed by atoms with Gasteiger partial charge in [0, 0.05) is 13.6 Å². The number of benzene rings is 1. The minimum Gasteiger partial charge on any atom is -0.387 e. The van der Waals surface area contributed by atoms with Gasteiger partial charge in [-0.3, -0.25) is 4.79 Å². The Labute approximate surface area is 162 Å². The van der Waals surface area contributed by atoms with Crippen molar-refractivity contribution in [2.45, 2.75) is 13.0 Å². The number of thiophene rings is 1. The van der Waals surface area contributed by atoms with Crippen LogP contribution >= 0.6 is 11.3 Å². The Morgan fingerprint density at radius 3 is 2.81 bits per heavy atom. The van der Waals surface area contributed by atoms with E-state index in [0.29, 0.717) is 17.2 Å². The lowest BCUT2D eigenvalue weighted by Gasteiger charge is -2.21. The molecule has 0 spiro atoms. The minimum absolute atomic E-state index is 0.139. The molecule has 1 amide bonds. The van der Waals surface area contributed by atoms with Crippen molar-refractivity contribution in [3.8, 4) is 0 Å². The molecule has 0 saturated heterocycles. The van der Waals surface area contributed by atoms with Gasteiger partial charge < -0.3 is 15.3 Å². The lowest BCUT2D eigenvalue weighted by atomic mass is 10.1. The molecule has 0 saturated carbocycles. The molecule has 0 unspecified atom stereocenters. The van der Waals surface area contributed by atoms with Crippen LogP contribution in [0.25, 0.3) is 10.2 Å². The number of hydrogen-bond donors (Lipinski definition) is 2. The number of aryl methyl sites for hydroxylation is 1. The van der Waals surface area contributed by atoms with Gasteiger partial charge >= 0.3 is 0 Å². The summed E-state index contributed by atoms with van der Waals surface area (Å²) in [4.78, 5) is 24.5. The number of hydrogen-bond acceptors (Lipinski definition) is 6. The van der Waals surface area contributed by atoms with Crippen LogP contribution in [-0.4, -0.2) is 46.0 Å². The number of carbonyl (C=O) groups excluding carboxylic acids is 1. The van der Waals surface area contributed by atoms with Gasteiger partial charge in [0.05, 0.1) is 22.9 Å². The summed E-state index contributed by atoms with van der Waals surface area (Å²) in [6, 6.07) is 9.33. The Kier molecular flexibility index (Phi) is 5.83. The number of amides is 1. The zero-order chi connectivity index (χ0) is 19.4. The Hall–Kier alpha value is -2.77. The summed E-state index contributed by atoms with van der Waals surface area (Å²) in [7, 11) is 1.70. The molecule has 0 radical (unpaired) electrons. The second kappa shape index (κ2) is 8.28. The first-order valence-corrected chi connectivity index (χ1v) is 9.42. The number of aromatic nitrogens is 2. The summed E-state index contributed by atoms with van der Waals surface area (Å²) < 4.78 is 0. The van der Waals surface area contributed by atoms with Gasteiger partial charge in [-0.25, -0.2) is 9.97 Å². The molecule has 7 heteroatoms. The highest BCUT2D eigenvalue weighted by Gasteiger charge is 2.23.